The van der Waals surface area contributed by atoms with E-state index in [1.165, 1.54) is 0 Å². The quantitative estimate of drug-likeness (QED) is 0.866. The molecular formula is C19H31N5O2. The van der Waals surface area contributed by atoms with E-state index in [1.807, 2.05) is 36.8 Å². The van der Waals surface area contributed by atoms with Crippen LogP contribution in [-0.4, -0.2) is 63.4 Å². The predicted molar refractivity (Wildman–Crippen MR) is 99.6 cm³/mol. The van der Waals surface area contributed by atoms with Crippen molar-refractivity contribution in [1.82, 2.24) is 25.1 Å². The predicted octanol–water partition coefficient (Wildman–Crippen LogP) is 2.16. The molecule has 7 heteroatoms. The molecule has 0 radical (unpaired) electrons. The van der Waals surface area contributed by atoms with E-state index < -0.39 is 0 Å². The van der Waals surface area contributed by atoms with E-state index in [2.05, 4.69) is 15.3 Å². The maximum Gasteiger partial charge on any atom is 0.317 e. The molecule has 3 rings (SSSR count). The Labute approximate surface area is 155 Å². The van der Waals surface area contributed by atoms with Crippen LogP contribution in [0.1, 0.15) is 52.1 Å². The van der Waals surface area contributed by atoms with Crippen molar-refractivity contribution in [3.05, 3.63) is 18.2 Å². The normalized spacial score (nSPS) is 20.5. The van der Waals surface area contributed by atoms with Crippen LogP contribution in [0.2, 0.25) is 0 Å². The fourth-order valence-corrected chi connectivity index (χ4v) is 3.98. The van der Waals surface area contributed by atoms with Crippen molar-refractivity contribution in [3.8, 4) is 0 Å². The van der Waals surface area contributed by atoms with Crippen LogP contribution in [-0.2, 0) is 11.2 Å². The highest BCUT2D eigenvalue weighted by atomic mass is 16.2. The molecule has 1 spiro atoms. The lowest BCUT2D eigenvalue weighted by Gasteiger charge is -2.47. The highest BCUT2D eigenvalue weighted by Gasteiger charge is 2.41. The fourth-order valence-electron chi connectivity index (χ4n) is 3.98. The Morgan fingerprint density at radius 1 is 1.31 bits per heavy atom. The molecule has 7 nitrogen and oxygen atoms in total. The molecule has 2 aliphatic heterocycles. The Morgan fingerprint density at radius 2 is 2.04 bits per heavy atom. The number of hydrogen-bond donors (Lipinski definition) is 2. The standard InChI is InChI=1S/C19H31N5O2/c1-18(2,3)22-17(26)23-10-7-19(8-11-23)6-4-16(25)24(13-19)9-5-15-12-20-14-21-15/h12,14H,4-11,13H2,1-3H3,(H,20,21)(H,22,26). The first kappa shape index (κ1) is 18.7. The zero-order chi connectivity index (χ0) is 18.8. The van der Waals surface area contributed by atoms with Crippen molar-refractivity contribution in [3.63, 3.8) is 0 Å². The second kappa shape index (κ2) is 7.29. The van der Waals surface area contributed by atoms with Crippen LogP contribution in [0.4, 0.5) is 4.79 Å². The molecule has 2 N–H and O–H groups in total. The summed E-state index contributed by atoms with van der Waals surface area (Å²) in [7, 11) is 0. The lowest BCUT2D eigenvalue weighted by atomic mass is 9.72. The Hall–Kier alpha value is -2.05. The van der Waals surface area contributed by atoms with Crippen LogP contribution in [0.3, 0.4) is 0 Å². The van der Waals surface area contributed by atoms with Crippen molar-refractivity contribution >= 4 is 11.9 Å². The van der Waals surface area contributed by atoms with E-state index in [0.29, 0.717) is 6.42 Å². The first-order valence-corrected chi connectivity index (χ1v) is 9.59. The minimum atomic E-state index is -0.215. The van der Waals surface area contributed by atoms with E-state index >= 15 is 0 Å². The summed E-state index contributed by atoms with van der Waals surface area (Å²) in [4.78, 5) is 35.8. The maximum absolute atomic E-state index is 12.4. The van der Waals surface area contributed by atoms with Crippen molar-refractivity contribution < 1.29 is 9.59 Å². The monoisotopic (exact) mass is 361 g/mol. The van der Waals surface area contributed by atoms with Crippen LogP contribution in [0, 0.1) is 5.41 Å². The summed E-state index contributed by atoms with van der Waals surface area (Å²) in [5.41, 5.74) is 1.01. The van der Waals surface area contributed by atoms with E-state index in [1.54, 1.807) is 6.33 Å². The van der Waals surface area contributed by atoms with E-state index in [9.17, 15) is 9.59 Å². The summed E-state index contributed by atoms with van der Waals surface area (Å²) >= 11 is 0. The summed E-state index contributed by atoms with van der Waals surface area (Å²) in [6.07, 6.45) is 7.81. The van der Waals surface area contributed by atoms with Crippen LogP contribution < -0.4 is 5.32 Å². The van der Waals surface area contributed by atoms with Crippen LogP contribution in [0.5, 0.6) is 0 Å². The van der Waals surface area contributed by atoms with Crippen molar-refractivity contribution in [2.75, 3.05) is 26.2 Å². The number of likely N-dealkylation sites (tertiary alicyclic amines) is 2. The molecule has 2 fully saturated rings. The second-order valence-corrected chi connectivity index (χ2v) is 8.81. The van der Waals surface area contributed by atoms with Gasteiger partial charge in [0, 0.05) is 56.5 Å². The van der Waals surface area contributed by atoms with Gasteiger partial charge in [-0.15, -0.1) is 0 Å². The first-order valence-electron chi connectivity index (χ1n) is 9.59. The number of nitrogens with zero attached hydrogens (tertiary/aromatic N) is 3. The van der Waals surface area contributed by atoms with Gasteiger partial charge < -0.3 is 20.1 Å². The zero-order valence-corrected chi connectivity index (χ0v) is 16.2. The third-order valence-electron chi connectivity index (χ3n) is 5.55. The summed E-state index contributed by atoms with van der Waals surface area (Å²) in [5, 5.41) is 3.05. The number of H-pyrrole nitrogens is 1. The molecule has 144 valence electrons. The van der Waals surface area contributed by atoms with Gasteiger partial charge >= 0.3 is 6.03 Å². The SMILES string of the molecule is CC(C)(C)NC(=O)N1CCC2(CCC(=O)N(CCc3cnc[nH]3)C2)CC1. The highest BCUT2D eigenvalue weighted by molar-refractivity contribution is 5.77. The minimum Gasteiger partial charge on any atom is -0.348 e. The molecular weight excluding hydrogens is 330 g/mol. The van der Waals surface area contributed by atoms with Gasteiger partial charge in [0.1, 0.15) is 0 Å². The molecule has 26 heavy (non-hydrogen) atoms. The number of nitrogens with one attached hydrogen (secondary N) is 2. The van der Waals surface area contributed by atoms with Crippen molar-refractivity contribution in [2.24, 2.45) is 5.41 Å². The van der Waals surface area contributed by atoms with Crippen LogP contribution in [0.15, 0.2) is 12.5 Å². The molecule has 2 aliphatic rings. The average Bonchev–Trinajstić information content (AvgIpc) is 3.08. The first-order chi connectivity index (χ1) is 12.3. The molecule has 1 aromatic rings. The molecule has 0 aliphatic carbocycles. The average molecular weight is 361 g/mol. The summed E-state index contributed by atoms with van der Waals surface area (Å²) in [6.45, 7) is 9.09. The number of amides is 3. The van der Waals surface area contributed by atoms with E-state index in [0.717, 1.165) is 57.6 Å². The van der Waals surface area contributed by atoms with Gasteiger partial charge in [-0.25, -0.2) is 9.78 Å². The number of urea groups is 1. The van der Waals surface area contributed by atoms with Gasteiger partial charge in [-0.1, -0.05) is 0 Å². The Bertz CT molecular complexity index is 627. The molecule has 0 aromatic carbocycles. The van der Waals surface area contributed by atoms with Gasteiger partial charge in [0.05, 0.1) is 6.33 Å². The van der Waals surface area contributed by atoms with Crippen LogP contribution in [0.25, 0.3) is 0 Å². The van der Waals surface area contributed by atoms with Crippen molar-refractivity contribution in [2.45, 2.75) is 58.4 Å². The minimum absolute atomic E-state index is 0.0235. The number of hydrogen-bond acceptors (Lipinski definition) is 3. The third-order valence-corrected chi connectivity index (χ3v) is 5.55. The van der Waals surface area contributed by atoms with Gasteiger partial charge in [0.25, 0.3) is 0 Å². The molecule has 3 amide bonds. The molecule has 2 saturated heterocycles. The molecule has 0 unspecified atom stereocenters. The number of imidazole rings is 1. The molecule has 1 aromatic heterocycles. The summed E-state index contributed by atoms with van der Waals surface area (Å²) in [6, 6.07) is 0.0235. The topological polar surface area (TPSA) is 81.3 Å². The Morgan fingerprint density at radius 3 is 2.65 bits per heavy atom. The van der Waals surface area contributed by atoms with Gasteiger partial charge in [-0.3, -0.25) is 4.79 Å². The molecule has 3 heterocycles. The molecule has 0 atom stereocenters. The second-order valence-electron chi connectivity index (χ2n) is 8.81. The van der Waals surface area contributed by atoms with E-state index in [4.69, 9.17) is 0 Å². The number of rotatable bonds is 3. The van der Waals surface area contributed by atoms with Gasteiger partial charge in [0.2, 0.25) is 5.91 Å². The molecule has 0 bridgehead atoms. The summed E-state index contributed by atoms with van der Waals surface area (Å²) < 4.78 is 0. The Balaban J connectivity index is 1.54. The van der Waals surface area contributed by atoms with Gasteiger partial charge in [-0.2, -0.15) is 0 Å². The number of aromatic amines is 1. The fraction of sp³-hybridized carbons (Fsp3) is 0.737. The van der Waals surface area contributed by atoms with Crippen molar-refractivity contribution in [1.29, 1.82) is 0 Å². The Kier molecular flexibility index (Phi) is 5.25. The number of carbonyl (C=O) groups excluding carboxylic acids is 2. The van der Waals surface area contributed by atoms with Gasteiger partial charge in [-0.05, 0) is 45.4 Å². The smallest absolute Gasteiger partial charge is 0.317 e. The summed E-state index contributed by atoms with van der Waals surface area (Å²) in [5.74, 6) is 0.253. The van der Waals surface area contributed by atoms with Gasteiger partial charge in [0.15, 0.2) is 0 Å². The lowest BCUT2D eigenvalue weighted by Crippen LogP contribution is -2.55. The highest BCUT2D eigenvalue weighted by Crippen LogP contribution is 2.40. The number of carbonyl (C=O) groups is 2. The largest absolute Gasteiger partial charge is 0.348 e. The lowest BCUT2D eigenvalue weighted by molar-refractivity contribution is -0.138. The maximum atomic E-state index is 12.4. The third kappa shape index (κ3) is 4.56. The number of aromatic nitrogens is 2. The molecule has 0 saturated carbocycles. The van der Waals surface area contributed by atoms with E-state index in [-0.39, 0.29) is 22.9 Å². The van der Waals surface area contributed by atoms with Crippen LogP contribution >= 0.6 is 0 Å². The number of piperidine rings is 2. The zero-order valence-electron chi connectivity index (χ0n) is 16.2.